The number of carbonyl (C=O) groups is 1. The largest absolute Gasteiger partial charge is 0.528 e. The second kappa shape index (κ2) is 15.4. The average Bonchev–Trinajstić information content (AvgIpc) is 3.12. The van der Waals surface area contributed by atoms with Gasteiger partial charge in [-0.25, -0.2) is 4.57 Å². The van der Waals surface area contributed by atoms with Crippen LogP contribution in [0.5, 0.6) is 11.5 Å². The first kappa shape index (κ1) is 36.3. The number of ether oxygens (including phenoxy) is 1. The highest BCUT2D eigenvalue weighted by molar-refractivity contribution is 7.47. The van der Waals surface area contributed by atoms with Gasteiger partial charge in [-0.2, -0.15) is 0 Å². The van der Waals surface area contributed by atoms with Crippen LogP contribution in [0, 0.1) is 0 Å². The number of para-hydroxylation sites is 1. The van der Waals surface area contributed by atoms with E-state index in [2.05, 4.69) is 10.3 Å². The zero-order chi connectivity index (χ0) is 36.9. The maximum atomic E-state index is 14.0. The van der Waals surface area contributed by atoms with Crippen molar-refractivity contribution < 1.29 is 28.0 Å². The number of carbonyl (C=O) groups excluding carboxylic acids is 1. The molecule has 2 unspecified atom stereocenters. The number of aromatic nitrogens is 1. The minimum atomic E-state index is -4.81. The Kier molecular flexibility index (Phi) is 10.8. The van der Waals surface area contributed by atoms with Gasteiger partial charge in [0.25, 0.3) is 5.91 Å². The monoisotopic (exact) mass is 716 g/mol. The first-order chi connectivity index (χ1) is 24.9. The van der Waals surface area contributed by atoms with Gasteiger partial charge in [-0.3, -0.25) is 19.0 Å². The summed E-state index contributed by atoms with van der Waals surface area (Å²) in [7, 11) is -4.81. The Balaban J connectivity index is 1.43. The molecule has 0 aliphatic heterocycles. The van der Waals surface area contributed by atoms with Crippen molar-refractivity contribution in [3.8, 4) is 22.6 Å². The number of phosphoric ester groups is 1. The summed E-state index contributed by atoms with van der Waals surface area (Å²) in [6.07, 6.45) is 0.890. The lowest BCUT2D eigenvalue weighted by Crippen LogP contribution is -2.22. The van der Waals surface area contributed by atoms with Crippen LogP contribution in [0.4, 0.5) is 5.69 Å². The number of hydrogen-bond acceptors (Lipinski definition) is 6. The average molecular weight is 717 g/mol. The second-order valence-electron chi connectivity index (χ2n) is 13.4. The molecule has 52 heavy (non-hydrogen) atoms. The third-order valence-corrected chi connectivity index (χ3v) is 9.52. The van der Waals surface area contributed by atoms with E-state index in [0.29, 0.717) is 51.9 Å². The number of hydrogen-bond donors (Lipinski definition) is 3. The van der Waals surface area contributed by atoms with Crippen LogP contribution >= 0.6 is 7.82 Å². The lowest BCUT2D eigenvalue weighted by atomic mass is 9.84. The smallest absolute Gasteiger partial charge is 0.494 e. The van der Waals surface area contributed by atoms with Gasteiger partial charge in [-0.15, -0.1) is 0 Å². The fraction of sp³-hybridized carbons (Fsp3) is 0.190. The van der Waals surface area contributed by atoms with Crippen LogP contribution in [-0.4, -0.2) is 22.4 Å². The van der Waals surface area contributed by atoms with Crippen LogP contribution in [0.1, 0.15) is 60.8 Å². The molecule has 3 N–H and O–H groups in total. The maximum Gasteiger partial charge on any atom is 0.528 e. The van der Waals surface area contributed by atoms with Gasteiger partial charge < -0.3 is 19.6 Å². The van der Waals surface area contributed by atoms with Gasteiger partial charge >= 0.3 is 7.82 Å². The minimum Gasteiger partial charge on any atom is -0.494 e. The molecule has 0 aliphatic carbocycles. The molecule has 0 spiro atoms. The lowest BCUT2D eigenvalue weighted by molar-refractivity contribution is 0.102. The Morgan fingerprint density at radius 2 is 1.58 bits per heavy atom. The molecule has 1 aromatic heterocycles. The molecule has 266 valence electrons. The van der Waals surface area contributed by atoms with Crippen molar-refractivity contribution in [1.29, 1.82) is 0 Å². The summed E-state index contributed by atoms with van der Waals surface area (Å²) in [5.74, 6) is -0.00378. The Hall–Kier alpha value is -5.47. The Morgan fingerprint density at radius 1 is 0.885 bits per heavy atom. The highest BCUT2D eigenvalue weighted by atomic mass is 31.2. The molecule has 6 aromatic rings. The zero-order valence-corrected chi connectivity index (χ0v) is 30.4. The highest BCUT2D eigenvalue weighted by Gasteiger charge is 2.33. The number of nitrogens with one attached hydrogen (secondary N) is 2. The Morgan fingerprint density at radius 3 is 2.29 bits per heavy atom. The quantitative estimate of drug-likeness (QED) is 0.108. The van der Waals surface area contributed by atoms with E-state index in [0.717, 1.165) is 5.56 Å². The molecule has 6 rings (SSSR count). The first-order valence-electron chi connectivity index (χ1n) is 17.0. The lowest BCUT2D eigenvalue weighted by Gasteiger charge is -2.27. The van der Waals surface area contributed by atoms with E-state index in [9.17, 15) is 19.0 Å². The molecule has 0 fully saturated rings. The number of aromatic amines is 1. The molecule has 9 nitrogen and oxygen atoms in total. The normalized spacial score (nSPS) is 13.2. The summed E-state index contributed by atoms with van der Waals surface area (Å²) in [4.78, 5) is 41.7. The van der Waals surface area contributed by atoms with Gasteiger partial charge in [0.1, 0.15) is 17.1 Å². The zero-order valence-electron chi connectivity index (χ0n) is 29.5. The summed E-state index contributed by atoms with van der Waals surface area (Å²) in [5, 5.41) is 3.26. The SMILES string of the molecule is CCOc1cccc(-c2cc(C(C)(C)C)c(OP(=O)(O)OC(Cc3ccccc3)c3ccccc3)cc2NC(=O)c2c[nH]c3ccccc3c2=O)c1. The van der Waals surface area contributed by atoms with Crippen molar-refractivity contribution in [2.45, 2.75) is 45.6 Å². The van der Waals surface area contributed by atoms with Gasteiger partial charge in [0, 0.05) is 40.7 Å². The van der Waals surface area contributed by atoms with Crippen LogP contribution in [-0.2, 0) is 20.9 Å². The fourth-order valence-electron chi connectivity index (χ4n) is 6.05. The first-order valence-corrected chi connectivity index (χ1v) is 18.5. The molecule has 2 atom stereocenters. The predicted octanol–water partition coefficient (Wildman–Crippen LogP) is 9.62. The molecule has 1 amide bonds. The number of H-pyrrole nitrogens is 1. The summed E-state index contributed by atoms with van der Waals surface area (Å²) < 4.78 is 31.7. The molecule has 0 radical (unpaired) electrons. The fourth-order valence-corrected chi connectivity index (χ4v) is 7.01. The van der Waals surface area contributed by atoms with Crippen LogP contribution in [0.2, 0.25) is 0 Å². The minimum absolute atomic E-state index is 0.0392. The summed E-state index contributed by atoms with van der Waals surface area (Å²) >= 11 is 0. The van der Waals surface area contributed by atoms with E-state index < -0.39 is 30.7 Å². The van der Waals surface area contributed by atoms with E-state index in [1.807, 2.05) is 119 Å². The van der Waals surface area contributed by atoms with E-state index >= 15 is 0 Å². The van der Waals surface area contributed by atoms with Gasteiger partial charge in [-0.1, -0.05) is 106 Å². The summed E-state index contributed by atoms with van der Waals surface area (Å²) in [6.45, 7) is 8.20. The standard InChI is InChI=1S/C42H41N2O7P/c1-5-49-31-20-14-19-30(24-31)33-25-35(42(2,3)4)39(26-37(33)44-41(46)34-27-43-36-22-13-12-21-32(36)40(34)45)51-52(47,48)50-38(29-17-10-7-11-18-29)23-28-15-8-6-9-16-28/h6-22,24-27,38H,5,23H2,1-4H3,(H,43,45)(H,44,46)(H,47,48). The highest BCUT2D eigenvalue weighted by Crippen LogP contribution is 2.52. The van der Waals surface area contributed by atoms with Gasteiger partial charge in [0.15, 0.2) is 0 Å². The van der Waals surface area contributed by atoms with Crippen molar-refractivity contribution in [3.63, 3.8) is 0 Å². The molecule has 10 heteroatoms. The number of amides is 1. The van der Waals surface area contributed by atoms with Crippen LogP contribution in [0.25, 0.3) is 22.0 Å². The number of anilines is 1. The van der Waals surface area contributed by atoms with Gasteiger partial charge in [-0.05, 0) is 59.4 Å². The number of pyridine rings is 1. The van der Waals surface area contributed by atoms with E-state index in [1.54, 1.807) is 24.3 Å². The predicted molar refractivity (Wildman–Crippen MR) is 205 cm³/mol. The van der Waals surface area contributed by atoms with Gasteiger partial charge in [0.2, 0.25) is 5.43 Å². The topological polar surface area (TPSA) is 127 Å². The molecule has 0 saturated heterocycles. The van der Waals surface area contributed by atoms with Crippen molar-refractivity contribution in [2.24, 2.45) is 0 Å². The molecule has 5 aromatic carbocycles. The Labute approximate surface area is 302 Å². The summed E-state index contributed by atoms with van der Waals surface area (Å²) in [5.41, 5.74) is 3.22. The third-order valence-electron chi connectivity index (χ3n) is 8.57. The van der Waals surface area contributed by atoms with Crippen molar-refractivity contribution in [2.75, 3.05) is 11.9 Å². The summed E-state index contributed by atoms with van der Waals surface area (Å²) in [6, 6.07) is 36.4. The van der Waals surface area contributed by atoms with E-state index in [1.165, 1.54) is 12.3 Å². The second-order valence-corrected chi connectivity index (χ2v) is 14.7. The van der Waals surface area contributed by atoms with Gasteiger partial charge in [0.05, 0.1) is 18.4 Å². The molecule has 0 bridgehead atoms. The number of rotatable bonds is 12. The molecule has 0 aliphatic rings. The van der Waals surface area contributed by atoms with Crippen molar-refractivity contribution in [1.82, 2.24) is 4.98 Å². The van der Waals surface area contributed by atoms with Crippen LogP contribution in [0.3, 0.4) is 0 Å². The molecule has 0 saturated carbocycles. The Bertz CT molecular complexity index is 2300. The van der Waals surface area contributed by atoms with E-state index in [-0.39, 0.29) is 17.0 Å². The molecular formula is C42H41N2O7P. The number of phosphoric acid groups is 1. The number of benzene rings is 5. The van der Waals surface area contributed by atoms with Crippen LogP contribution in [0.15, 0.2) is 132 Å². The molecular weight excluding hydrogens is 675 g/mol. The van der Waals surface area contributed by atoms with Crippen LogP contribution < -0.4 is 20.0 Å². The maximum absolute atomic E-state index is 14.0. The van der Waals surface area contributed by atoms with Crippen molar-refractivity contribution >= 4 is 30.3 Å². The molecule has 1 heterocycles. The van der Waals surface area contributed by atoms with Crippen molar-refractivity contribution in [3.05, 3.63) is 160 Å². The number of fused-ring (bicyclic) bond motifs is 1. The third kappa shape index (κ3) is 8.52. The van der Waals surface area contributed by atoms with E-state index in [4.69, 9.17) is 13.8 Å².